The SMILES string of the molecule is O=C([O-])C1CCn2c(cc3c(Br)cc(F)cc32)C1=O. The lowest BCUT2D eigenvalue weighted by Gasteiger charge is -2.24. The molecule has 98 valence electrons. The Balaban J connectivity index is 2.25. The van der Waals surface area contributed by atoms with Crippen LogP contribution in [0.5, 0.6) is 0 Å². The molecule has 0 saturated carbocycles. The van der Waals surface area contributed by atoms with E-state index in [1.54, 1.807) is 10.6 Å². The number of aromatic nitrogens is 1. The quantitative estimate of drug-likeness (QED) is 0.747. The van der Waals surface area contributed by atoms with E-state index < -0.39 is 23.5 Å². The van der Waals surface area contributed by atoms with Gasteiger partial charge in [-0.25, -0.2) is 4.39 Å². The first kappa shape index (κ1) is 12.3. The molecular weight excluding hydrogens is 317 g/mol. The fourth-order valence-electron chi connectivity index (χ4n) is 2.52. The second-order valence-corrected chi connectivity index (χ2v) is 5.38. The number of halogens is 2. The van der Waals surface area contributed by atoms with E-state index in [4.69, 9.17) is 0 Å². The zero-order chi connectivity index (χ0) is 13.7. The van der Waals surface area contributed by atoms with Crippen LogP contribution in [0.3, 0.4) is 0 Å². The molecule has 0 saturated heterocycles. The Labute approximate surface area is 116 Å². The molecule has 1 aromatic carbocycles. The number of carbonyl (C=O) groups is 2. The van der Waals surface area contributed by atoms with Crippen molar-refractivity contribution in [2.75, 3.05) is 0 Å². The van der Waals surface area contributed by atoms with Gasteiger partial charge in [0.25, 0.3) is 0 Å². The summed E-state index contributed by atoms with van der Waals surface area (Å²) in [5.74, 6) is -3.35. The predicted molar refractivity (Wildman–Crippen MR) is 67.0 cm³/mol. The third-order valence-corrected chi connectivity index (χ3v) is 4.09. The molecule has 0 amide bonds. The molecule has 1 aliphatic heterocycles. The summed E-state index contributed by atoms with van der Waals surface area (Å²) in [6.07, 6.45) is 0.173. The van der Waals surface area contributed by atoms with Crippen LogP contribution in [-0.4, -0.2) is 16.3 Å². The van der Waals surface area contributed by atoms with Crippen molar-refractivity contribution in [3.63, 3.8) is 0 Å². The topological polar surface area (TPSA) is 62.1 Å². The second kappa shape index (κ2) is 4.16. The summed E-state index contributed by atoms with van der Waals surface area (Å²) in [6.45, 7) is 0.360. The highest BCUT2D eigenvalue weighted by atomic mass is 79.9. The van der Waals surface area contributed by atoms with Crippen LogP contribution in [0.2, 0.25) is 0 Å². The lowest BCUT2D eigenvalue weighted by Crippen LogP contribution is -2.40. The van der Waals surface area contributed by atoms with Crippen molar-refractivity contribution in [1.29, 1.82) is 0 Å². The number of hydrogen-bond donors (Lipinski definition) is 0. The maximum absolute atomic E-state index is 13.4. The number of aliphatic carboxylic acids is 1. The number of Topliss-reactive ketones (excluding diaryl/α,β-unsaturated/α-hetero) is 1. The Morgan fingerprint density at radius 1 is 1.42 bits per heavy atom. The van der Waals surface area contributed by atoms with E-state index >= 15 is 0 Å². The molecule has 0 bridgehead atoms. The van der Waals surface area contributed by atoms with Crippen molar-refractivity contribution in [3.05, 3.63) is 34.2 Å². The van der Waals surface area contributed by atoms with Crippen LogP contribution in [-0.2, 0) is 11.3 Å². The summed E-state index contributed by atoms with van der Waals surface area (Å²) >= 11 is 3.24. The molecule has 0 fully saturated rings. The maximum Gasteiger partial charge on any atom is 0.187 e. The van der Waals surface area contributed by atoms with E-state index in [2.05, 4.69) is 15.9 Å². The number of ketones is 1. The van der Waals surface area contributed by atoms with Crippen LogP contribution >= 0.6 is 15.9 Å². The van der Waals surface area contributed by atoms with Gasteiger partial charge >= 0.3 is 0 Å². The van der Waals surface area contributed by atoms with E-state index in [0.29, 0.717) is 27.6 Å². The fraction of sp³-hybridized carbons (Fsp3) is 0.231. The molecular formula is C13H8BrFNO3-. The van der Waals surface area contributed by atoms with Gasteiger partial charge in [0.1, 0.15) is 5.82 Å². The number of benzene rings is 1. The van der Waals surface area contributed by atoms with E-state index in [1.807, 2.05) is 0 Å². The van der Waals surface area contributed by atoms with Crippen molar-refractivity contribution in [3.8, 4) is 0 Å². The normalized spacial score (nSPS) is 18.6. The first-order valence-electron chi connectivity index (χ1n) is 5.72. The van der Waals surface area contributed by atoms with Gasteiger partial charge in [0.05, 0.1) is 23.1 Å². The monoisotopic (exact) mass is 324 g/mol. The largest absolute Gasteiger partial charge is 0.549 e. The van der Waals surface area contributed by atoms with Crippen molar-refractivity contribution in [2.24, 2.45) is 5.92 Å². The lowest BCUT2D eigenvalue weighted by molar-refractivity contribution is -0.309. The Bertz CT molecular complexity index is 722. The second-order valence-electron chi connectivity index (χ2n) is 4.53. The van der Waals surface area contributed by atoms with Crippen molar-refractivity contribution >= 4 is 38.6 Å². The van der Waals surface area contributed by atoms with Crippen molar-refractivity contribution in [2.45, 2.75) is 13.0 Å². The number of fused-ring (bicyclic) bond motifs is 3. The van der Waals surface area contributed by atoms with Gasteiger partial charge in [0.2, 0.25) is 0 Å². The smallest absolute Gasteiger partial charge is 0.187 e. The third kappa shape index (κ3) is 1.78. The third-order valence-electron chi connectivity index (χ3n) is 3.43. The van der Waals surface area contributed by atoms with E-state index in [-0.39, 0.29) is 6.42 Å². The molecule has 0 aliphatic carbocycles. The van der Waals surface area contributed by atoms with E-state index in [0.717, 1.165) is 0 Å². The average Bonchev–Trinajstić information content (AvgIpc) is 2.69. The summed E-state index contributed by atoms with van der Waals surface area (Å²) < 4.78 is 15.6. The van der Waals surface area contributed by atoms with Crippen molar-refractivity contribution < 1.29 is 19.1 Å². The standard InChI is InChI=1S/C13H9BrFNO3/c14-9-3-6(15)4-10-8(9)5-11-12(17)7(13(18)19)1-2-16(10)11/h3-5,7H,1-2H2,(H,18,19)/p-1. The number of nitrogens with zero attached hydrogens (tertiary/aromatic N) is 1. The highest BCUT2D eigenvalue weighted by Gasteiger charge is 2.30. The minimum absolute atomic E-state index is 0.173. The van der Waals surface area contributed by atoms with Gasteiger partial charge < -0.3 is 14.5 Å². The molecule has 2 heterocycles. The highest BCUT2D eigenvalue weighted by molar-refractivity contribution is 9.10. The Hall–Kier alpha value is -1.69. The first-order valence-corrected chi connectivity index (χ1v) is 6.51. The number of aryl methyl sites for hydroxylation is 1. The van der Waals surface area contributed by atoms with Gasteiger partial charge in [0.15, 0.2) is 5.78 Å². The molecule has 19 heavy (non-hydrogen) atoms. The van der Waals surface area contributed by atoms with E-state index in [9.17, 15) is 19.1 Å². The molecule has 1 aliphatic rings. The van der Waals surface area contributed by atoms with Crippen LogP contribution < -0.4 is 5.11 Å². The van der Waals surface area contributed by atoms with Gasteiger partial charge in [-0.3, -0.25) is 4.79 Å². The van der Waals surface area contributed by atoms with Crippen LogP contribution in [0.25, 0.3) is 10.9 Å². The summed E-state index contributed by atoms with van der Waals surface area (Å²) in [7, 11) is 0. The number of hydrogen-bond acceptors (Lipinski definition) is 3. The molecule has 1 unspecified atom stereocenters. The van der Waals surface area contributed by atoms with Crippen LogP contribution in [0.1, 0.15) is 16.9 Å². The maximum atomic E-state index is 13.4. The minimum Gasteiger partial charge on any atom is -0.549 e. The Morgan fingerprint density at radius 3 is 2.84 bits per heavy atom. The van der Waals surface area contributed by atoms with Gasteiger partial charge in [-0.15, -0.1) is 0 Å². The Kier molecular flexibility index (Phi) is 2.70. The molecule has 1 atom stereocenters. The zero-order valence-corrected chi connectivity index (χ0v) is 11.2. The molecule has 6 heteroatoms. The summed E-state index contributed by atoms with van der Waals surface area (Å²) in [5, 5.41) is 11.6. The summed E-state index contributed by atoms with van der Waals surface area (Å²) in [4.78, 5) is 23.0. The van der Waals surface area contributed by atoms with Gasteiger partial charge in [-0.2, -0.15) is 0 Å². The van der Waals surface area contributed by atoms with Crippen LogP contribution in [0, 0.1) is 11.7 Å². The average molecular weight is 325 g/mol. The van der Waals surface area contributed by atoms with E-state index in [1.165, 1.54) is 12.1 Å². The predicted octanol–water partition coefficient (Wildman–Crippen LogP) is 1.50. The Morgan fingerprint density at radius 2 is 2.16 bits per heavy atom. The van der Waals surface area contributed by atoms with Gasteiger partial charge in [-0.1, -0.05) is 0 Å². The highest BCUT2D eigenvalue weighted by Crippen LogP contribution is 2.32. The summed E-state index contributed by atoms with van der Waals surface area (Å²) in [5.41, 5.74) is 0.883. The number of carboxylic acid groups (broad SMARTS) is 1. The molecule has 0 radical (unpaired) electrons. The molecule has 1 aromatic heterocycles. The van der Waals surface area contributed by atoms with Gasteiger partial charge in [0, 0.05) is 16.4 Å². The van der Waals surface area contributed by atoms with Gasteiger partial charge in [-0.05, 0) is 40.5 Å². The number of rotatable bonds is 1. The fourth-order valence-corrected chi connectivity index (χ4v) is 3.06. The molecule has 3 rings (SSSR count). The molecule has 0 N–H and O–H groups in total. The molecule has 0 spiro atoms. The lowest BCUT2D eigenvalue weighted by atomic mass is 9.95. The van der Waals surface area contributed by atoms with Crippen LogP contribution in [0.4, 0.5) is 4.39 Å². The number of carbonyl (C=O) groups excluding carboxylic acids is 2. The minimum atomic E-state index is -1.35. The number of carboxylic acids is 1. The van der Waals surface area contributed by atoms with Crippen molar-refractivity contribution in [1.82, 2.24) is 4.57 Å². The first-order chi connectivity index (χ1) is 8.99. The zero-order valence-electron chi connectivity index (χ0n) is 9.65. The summed E-state index contributed by atoms with van der Waals surface area (Å²) in [6, 6.07) is 4.25. The van der Waals surface area contributed by atoms with Crippen LogP contribution in [0.15, 0.2) is 22.7 Å². The molecule has 4 nitrogen and oxygen atoms in total. The molecule has 2 aromatic rings.